The lowest BCUT2D eigenvalue weighted by atomic mass is 10.2. The predicted octanol–water partition coefficient (Wildman–Crippen LogP) is 5.15. The average Bonchev–Trinajstić information content (AvgIpc) is 2.71. The molecule has 1 atom stereocenters. The van der Waals surface area contributed by atoms with Gasteiger partial charge in [0.1, 0.15) is 23.4 Å². The van der Waals surface area contributed by atoms with Crippen molar-refractivity contribution in [1.29, 1.82) is 0 Å². The van der Waals surface area contributed by atoms with Gasteiger partial charge in [0.15, 0.2) is 23.2 Å². The van der Waals surface area contributed by atoms with Crippen LogP contribution in [0.15, 0.2) is 41.6 Å². The molecule has 0 bridgehead atoms. The third kappa shape index (κ3) is 7.28. The molecule has 0 saturated carbocycles. The molecule has 0 fully saturated rings. The van der Waals surface area contributed by atoms with Crippen LogP contribution in [0.4, 0.5) is 0 Å². The number of hydrogen-bond donors (Lipinski definition) is 1. The largest absolute Gasteiger partial charge is 0.488 e. The van der Waals surface area contributed by atoms with E-state index in [4.69, 9.17) is 13.9 Å². The van der Waals surface area contributed by atoms with Crippen molar-refractivity contribution in [2.24, 2.45) is 0 Å². The molecule has 1 N–H and O–H groups in total. The van der Waals surface area contributed by atoms with E-state index in [9.17, 15) is 18.3 Å². The van der Waals surface area contributed by atoms with Crippen LogP contribution < -0.4 is 9.47 Å². The summed E-state index contributed by atoms with van der Waals surface area (Å²) in [5.41, 5.74) is -0.00171. The fourth-order valence-electron chi connectivity index (χ4n) is 2.53. The van der Waals surface area contributed by atoms with E-state index in [1.165, 1.54) is 30.5 Å². The number of sulfone groups is 1. The van der Waals surface area contributed by atoms with Crippen LogP contribution in [0, 0.1) is 0 Å². The minimum atomic E-state index is -3.42. The zero-order chi connectivity index (χ0) is 25.0. The number of ether oxygens (including phenoxy) is 2. The Morgan fingerprint density at radius 1 is 1.12 bits per heavy atom. The monoisotopic (exact) mass is 495 g/mol. The van der Waals surface area contributed by atoms with Crippen molar-refractivity contribution in [1.82, 2.24) is 4.98 Å². The van der Waals surface area contributed by atoms with Crippen molar-refractivity contribution in [3.8, 4) is 17.2 Å². The first-order chi connectivity index (χ1) is 15.1. The molecule has 182 valence electrons. The van der Waals surface area contributed by atoms with E-state index < -0.39 is 24.1 Å². The zero-order valence-corrected chi connectivity index (χ0v) is 22.0. The maximum Gasteiger partial charge on any atom is 0.335 e. The third-order valence-corrected chi connectivity index (χ3v) is 11.7. The summed E-state index contributed by atoms with van der Waals surface area (Å²) in [6.45, 7) is 14.6. The fourth-order valence-corrected chi connectivity index (χ4v) is 4.39. The van der Waals surface area contributed by atoms with Crippen LogP contribution in [-0.4, -0.2) is 51.3 Å². The molecule has 1 aromatic carbocycles. The fraction of sp³-hybridized carbons (Fsp3) is 0.478. The number of rotatable bonds is 10. The van der Waals surface area contributed by atoms with E-state index in [0.717, 1.165) is 0 Å². The molecule has 0 saturated heterocycles. The summed E-state index contributed by atoms with van der Waals surface area (Å²) >= 11 is 0. The second-order valence-electron chi connectivity index (χ2n) is 9.34. The molecule has 1 aromatic heterocycles. The van der Waals surface area contributed by atoms with Crippen molar-refractivity contribution in [2.75, 3.05) is 12.4 Å². The van der Waals surface area contributed by atoms with Crippen molar-refractivity contribution in [3.05, 3.63) is 42.1 Å². The van der Waals surface area contributed by atoms with Gasteiger partial charge in [-0.3, -0.25) is 0 Å². The molecule has 10 heteroatoms. The summed E-state index contributed by atoms with van der Waals surface area (Å²) in [7, 11) is -5.37. The Bertz CT molecular complexity index is 1080. The van der Waals surface area contributed by atoms with E-state index in [-0.39, 0.29) is 39.0 Å². The Kier molecular flexibility index (Phi) is 8.31. The number of pyridine rings is 1. The highest BCUT2D eigenvalue weighted by Gasteiger charge is 2.37. The Morgan fingerprint density at radius 3 is 2.27 bits per heavy atom. The quantitative estimate of drug-likeness (QED) is 0.450. The van der Waals surface area contributed by atoms with Crippen LogP contribution in [-0.2, 0) is 14.3 Å². The van der Waals surface area contributed by atoms with E-state index in [1.807, 2.05) is 6.92 Å². The first-order valence-electron chi connectivity index (χ1n) is 10.7. The molecule has 1 heterocycles. The van der Waals surface area contributed by atoms with Gasteiger partial charge in [0.2, 0.25) is 0 Å². The number of aromatic nitrogens is 1. The SMILES string of the molecule is CCS(=O)(=O)c1ccc(Oc2cc(O[C@@H](C)CO[Si](C)(C)C(C)(C)C)cc(C(=O)O)c2)cn1. The lowest BCUT2D eigenvalue weighted by Crippen LogP contribution is -2.43. The van der Waals surface area contributed by atoms with E-state index in [2.05, 4.69) is 38.8 Å². The molecule has 0 aliphatic heterocycles. The lowest BCUT2D eigenvalue weighted by Gasteiger charge is -2.36. The molecule has 0 aliphatic rings. The van der Waals surface area contributed by atoms with Crippen LogP contribution in [0.3, 0.4) is 0 Å². The van der Waals surface area contributed by atoms with Gasteiger partial charge < -0.3 is 19.0 Å². The summed E-state index contributed by atoms with van der Waals surface area (Å²) in [4.78, 5) is 15.5. The Balaban J connectivity index is 2.18. The predicted molar refractivity (Wildman–Crippen MR) is 129 cm³/mol. The van der Waals surface area contributed by atoms with Gasteiger partial charge in [0.25, 0.3) is 0 Å². The van der Waals surface area contributed by atoms with Gasteiger partial charge in [-0.1, -0.05) is 27.7 Å². The summed E-state index contributed by atoms with van der Waals surface area (Å²) in [5.74, 6) is -0.352. The normalized spacial score (nSPS) is 13.4. The van der Waals surface area contributed by atoms with Crippen molar-refractivity contribution < 1.29 is 32.2 Å². The van der Waals surface area contributed by atoms with E-state index in [1.54, 1.807) is 13.0 Å². The molecule has 0 radical (unpaired) electrons. The third-order valence-electron chi connectivity index (χ3n) is 5.59. The van der Waals surface area contributed by atoms with Crippen LogP contribution in [0.5, 0.6) is 17.2 Å². The maximum atomic E-state index is 11.9. The molecule has 33 heavy (non-hydrogen) atoms. The van der Waals surface area contributed by atoms with Gasteiger partial charge >= 0.3 is 5.97 Å². The number of benzene rings is 1. The van der Waals surface area contributed by atoms with E-state index in [0.29, 0.717) is 12.4 Å². The molecule has 0 aliphatic carbocycles. The highest BCUT2D eigenvalue weighted by Crippen LogP contribution is 2.36. The van der Waals surface area contributed by atoms with Crippen molar-refractivity contribution >= 4 is 24.1 Å². The second-order valence-corrected chi connectivity index (χ2v) is 16.4. The lowest BCUT2D eigenvalue weighted by molar-refractivity contribution is 0.0695. The highest BCUT2D eigenvalue weighted by atomic mass is 32.2. The number of aromatic carboxylic acids is 1. The van der Waals surface area contributed by atoms with Crippen LogP contribution in [0.2, 0.25) is 18.1 Å². The molecule has 0 unspecified atom stereocenters. The summed E-state index contributed by atoms with van der Waals surface area (Å²) < 4.78 is 41.7. The summed E-state index contributed by atoms with van der Waals surface area (Å²) in [6, 6.07) is 7.19. The number of carbonyl (C=O) groups is 1. The topological polar surface area (TPSA) is 112 Å². The molecule has 8 nitrogen and oxygen atoms in total. The number of nitrogens with zero attached hydrogens (tertiary/aromatic N) is 1. The maximum absolute atomic E-state index is 11.9. The van der Waals surface area contributed by atoms with Gasteiger partial charge in [0.05, 0.1) is 24.1 Å². The highest BCUT2D eigenvalue weighted by molar-refractivity contribution is 7.91. The minimum Gasteiger partial charge on any atom is -0.488 e. The van der Waals surface area contributed by atoms with Crippen molar-refractivity contribution in [2.45, 2.75) is 63.9 Å². The zero-order valence-electron chi connectivity index (χ0n) is 20.2. The molecule has 2 aromatic rings. The second kappa shape index (κ2) is 10.2. The Morgan fingerprint density at radius 2 is 1.76 bits per heavy atom. The standard InChI is InChI=1S/C23H33NO7SSi/c1-8-32(27,28)21-10-9-18(14-24-21)31-20-12-17(22(25)26)11-19(13-20)30-16(2)15-29-33(6,7)23(3,4)5/h9-14,16H,8,15H2,1-7H3,(H,25,26)/t16-/m0/s1. The van der Waals surface area contributed by atoms with Gasteiger partial charge in [-0.15, -0.1) is 0 Å². The number of hydrogen-bond acceptors (Lipinski definition) is 7. The average molecular weight is 496 g/mol. The Labute approximate surface area is 197 Å². The Hall–Kier alpha value is -2.43. The molecule has 0 spiro atoms. The van der Waals surface area contributed by atoms with Gasteiger partial charge in [-0.2, -0.15) is 0 Å². The smallest absolute Gasteiger partial charge is 0.335 e. The van der Waals surface area contributed by atoms with Gasteiger partial charge in [-0.25, -0.2) is 18.2 Å². The van der Waals surface area contributed by atoms with Crippen LogP contribution in [0.25, 0.3) is 0 Å². The van der Waals surface area contributed by atoms with E-state index >= 15 is 0 Å². The first kappa shape index (κ1) is 26.8. The molecule has 2 rings (SSSR count). The molecule has 0 amide bonds. The van der Waals surface area contributed by atoms with Crippen molar-refractivity contribution in [3.63, 3.8) is 0 Å². The van der Waals surface area contributed by atoms with Gasteiger partial charge in [-0.05, 0) is 49.3 Å². The number of carboxylic acid groups (broad SMARTS) is 1. The summed E-state index contributed by atoms with van der Waals surface area (Å²) in [5, 5.41) is 9.50. The molecular weight excluding hydrogens is 462 g/mol. The summed E-state index contributed by atoms with van der Waals surface area (Å²) in [6.07, 6.45) is 0.975. The van der Waals surface area contributed by atoms with Crippen LogP contribution >= 0.6 is 0 Å². The first-order valence-corrected chi connectivity index (χ1v) is 15.3. The van der Waals surface area contributed by atoms with Gasteiger partial charge in [0, 0.05) is 6.07 Å². The van der Waals surface area contributed by atoms with Crippen LogP contribution in [0.1, 0.15) is 45.0 Å². The minimum absolute atomic E-state index is 0.00171. The molecular formula is C23H33NO7SSi. The number of carboxylic acids is 1.